The van der Waals surface area contributed by atoms with Crippen LogP contribution in [0.1, 0.15) is 29.0 Å². The zero-order valence-corrected chi connectivity index (χ0v) is 9.06. The van der Waals surface area contributed by atoms with Crippen LogP contribution in [0.4, 0.5) is 26.3 Å². The van der Waals surface area contributed by atoms with Crippen LogP contribution < -0.4 is 0 Å². The molecule has 0 spiro atoms. The van der Waals surface area contributed by atoms with E-state index in [-0.39, 0.29) is 5.56 Å². The quantitative estimate of drug-likeness (QED) is 0.597. The van der Waals surface area contributed by atoms with Crippen molar-refractivity contribution in [3.63, 3.8) is 0 Å². The van der Waals surface area contributed by atoms with Gasteiger partial charge in [0.15, 0.2) is 12.0 Å². The van der Waals surface area contributed by atoms with E-state index in [0.29, 0.717) is 0 Å². The Labute approximate surface area is 98.4 Å². The monoisotopic (exact) mass is 270 g/mol. The normalized spacial score (nSPS) is 14.4. The highest BCUT2D eigenvalue weighted by Crippen LogP contribution is 2.46. The lowest BCUT2D eigenvalue weighted by molar-refractivity contribution is -0.305. The summed E-state index contributed by atoms with van der Waals surface area (Å²) < 4.78 is 74.4. The van der Waals surface area contributed by atoms with Crippen molar-refractivity contribution in [2.75, 3.05) is 0 Å². The number of hydrogen-bond acceptors (Lipinski definition) is 1. The van der Waals surface area contributed by atoms with Gasteiger partial charge in [0.05, 0.1) is 0 Å². The van der Waals surface area contributed by atoms with Crippen molar-refractivity contribution >= 4 is 5.78 Å². The third-order valence-corrected chi connectivity index (χ3v) is 2.31. The molecule has 1 unspecified atom stereocenters. The van der Waals surface area contributed by atoms with Gasteiger partial charge in [0, 0.05) is 5.56 Å². The Hall–Kier alpha value is -1.53. The summed E-state index contributed by atoms with van der Waals surface area (Å²) in [5.41, 5.74) is -0.733. The molecule has 18 heavy (non-hydrogen) atoms. The Balaban J connectivity index is 3.04. The van der Waals surface area contributed by atoms with E-state index in [1.54, 1.807) is 0 Å². The van der Waals surface area contributed by atoms with Gasteiger partial charge in [-0.15, -0.1) is 0 Å². The molecule has 1 nitrogen and oxygen atoms in total. The first-order chi connectivity index (χ1) is 8.07. The molecular weight excluding hydrogens is 262 g/mol. The van der Waals surface area contributed by atoms with Gasteiger partial charge in [-0.1, -0.05) is 24.3 Å². The van der Waals surface area contributed by atoms with Gasteiger partial charge < -0.3 is 0 Å². The highest BCUT2D eigenvalue weighted by Gasteiger charge is 2.63. The highest BCUT2D eigenvalue weighted by molar-refractivity contribution is 5.94. The van der Waals surface area contributed by atoms with Crippen molar-refractivity contribution in [1.29, 1.82) is 0 Å². The van der Waals surface area contributed by atoms with Crippen LogP contribution in [0.3, 0.4) is 0 Å². The second-order valence-electron chi connectivity index (χ2n) is 3.66. The van der Waals surface area contributed by atoms with Crippen molar-refractivity contribution < 1.29 is 31.1 Å². The van der Waals surface area contributed by atoms with Crippen LogP contribution in [0.5, 0.6) is 0 Å². The maximum absolute atomic E-state index is 13.2. The third kappa shape index (κ3) is 2.65. The van der Waals surface area contributed by atoms with E-state index in [9.17, 15) is 31.1 Å². The second-order valence-corrected chi connectivity index (χ2v) is 3.66. The number of alkyl halides is 6. The molecule has 0 aliphatic heterocycles. The summed E-state index contributed by atoms with van der Waals surface area (Å²) >= 11 is 0. The Morgan fingerprint density at radius 3 is 1.83 bits per heavy atom. The third-order valence-electron chi connectivity index (χ3n) is 2.31. The summed E-state index contributed by atoms with van der Waals surface area (Å²) in [5, 5.41) is 0. The average Bonchev–Trinajstić information content (AvgIpc) is 2.26. The fourth-order valence-electron chi connectivity index (χ4n) is 1.24. The smallest absolute Gasteiger partial charge is 0.295 e. The molecule has 0 heterocycles. The first kappa shape index (κ1) is 14.5. The lowest BCUT2D eigenvalue weighted by Crippen LogP contribution is -2.40. The Kier molecular flexibility index (Phi) is 3.73. The topological polar surface area (TPSA) is 17.1 Å². The Bertz CT molecular complexity index is 434. The van der Waals surface area contributed by atoms with Crippen LogP contribution in [0, 0.1) is 0 Å². The van der Waals surface area contributed by atoms with Crippen LogP contribution in [0.15, 0.2) is 24.3 Å². The summed E-state index contributed by atoms with van der Waals surface area (Å²) in [6, 6.07) is 3.47. The fourth-order valence-corrected chi connectivity index (χ4v) is 1.24. The Morgan fingerprint density at radius 1 is 1.06 bits per heavy atom. The summed E-state index contributed by atoms with van der Waals surface area (Å²) in [4.78, 5) is 10.9. The van der Waals surface area contributed by atoms with E-state index in [0.717, 1.165) is 24.3 Å². The highest BCUT2D eigenvalue weighted by atomic mass is 19.4. The molecule has 0 aliphatic carbocycles. The number of carbonyl (C=O) groups is 1. The predicted octanol–water partition coefficient (Wildman–Crippen LogP) is 4.10. The first-order valence-corrected chi connectivity index (χ1v) is 4.77. The van der Waals surface area contributed by atoms with Gasteiger partial charge in [0.2, 0.25) is 0 Å². The van der Waals surface area contributed by atoms with Gasteiger partial charge in [-0.2, -0.15) is 22.0 Å². The lowest BCUT2D eigenvalue weighted by Gasteiger charge is -2.23. The van der Waals surface area contributed by atoms with Gasteiger partial charge in [0.1, 0.15) is 0 Å². The molecule has 0 saturated carbocycles. The minimum Gasteiger partial charge on any atom is -0.295 e. The zero-order valence-electron chi connectivity index (χ0n) is 9.06. The van der Waals surface area contributed by atoms with Gasteiger partial charge in [0.25, 0.3) is 0 Å². The first-order valence-electron chi connectivity index (χ1n) is 4.77. The van der Waals surface area contributed by atoms with Crippen LogP contribution >= 0.6 is 0 Å². The predicted molar refractivity (Wildman–Crippen MR) is 51.3 cm³/mol. The maximum atomic E-state index is 13.2. The number of benzene rings is 1. The minimum atomic E-state index is -5.97. The number of carbonyl (C=O) groups excluding carboxylic acids is 1. The molecule has 1 rings (SSSR count). The lowest BCUT2D eigenvalue weighted by atomic mass is 10.0. The van der Waals surface area contributed by atoms with Crippen molar-refractivity contribution in [1.82, 2.24) is 0 Å². The fraction of sp³-hybridized carbons (Fsp3) is 0.364. The van der Waals surface area contributed by atoms with Crippen LogP contribution in [-0.2, 0) is 0 Å². The minimum absolute atomic E-state index is 0.0984. The molecule has 0 saturated heterocycles. The van der Waals surface area contributed by atoms with Crippen LogP contribution in [0.2, 0.25) is 0 Å². The largest absolute Gasteiger partial charge is 0.456 e. The van der Waals surface area contributed by atoms with Crippen LogP contribution in [0.25, 0.3) is 0 Å². The number of halogens is 6. The average molecular weight is 270 g/mol. The molecule has 0 aliphatic rings. The number of ketones is 1. The van der Waals surface area contributed by atoms with Crippen molar-refractivity contribution in [2.24, 2.45) is 0 Å². The van der Waals surface area contributed by atoms with Crippen molar-refractivity contribution in [3.05, 3.63) is 35.4 Å². The van der Waals surface area contributed by atoms with Gasteiger partial charge in [-0.25, -0.2) is 4.39 Å². The number of rotatable bonds is 3. The second kappa shape index (κ2) is 4.62. The molecule has 100 valence electrons. The molecule has 7 heteroatoms. The molecule has 1 atom stereocenters. The molecule has 0 aromatic heterocycles. The standard InChI is InChI=1S/C11H8F6O/c1-6(18)7-2-4-8(5-3-7)9(12)10(13,14)11(15,16)17/h2-5,9H,1H3. The molecular formula is C11H8F6O. The van der Waals surface area contributed by atoms with E-state index < -0.39 is 29.6 Å². The molecule has 0 radical (unpaired) electrons. The summed E-state index contributed by atoms with van der Waals surface area (Å²) in [6.45, 7) is 1.19. The molecule has 0 amide bonds. The summed E-state index contributed by atoms with van der Waals surface area (Å²) in [6.07, 6.45) is -9.47. The maximum Gasteiger partial charge on any atom is 0.456 e. The van der Waals surface area contributed by atoms with Crippen molar-refractivity contribution in [2.45, 2.75) is 25.2 Å². The van der Waals surface area contributed by atoms with E-state index >= 15 is 0 Å². The molecule has 0 N–H and O–H groups in total. The molecule has 1 aromatic carbocycles. The van der Waals surface area contributed by atoms with Crippen molar-refractivity contribution in [3.8, 4) is 0 Å². The molecule has 0 fully saturated rings. The Morgan fingerprint density at radius 2 is 1.50 bits per heavy atom. The van der Waals surface area contributed by atoms with Gasteiger partial charge in [-0.3, -0.25) is 4.79 Å². The number of hydrogen-bond donors (Lipinski definition) is 0. The van der Waals surface area contributed by atoms with Gasteiger partial charge >= 0.3 is 12.1 Å². The van der Waals surface area contributed by atoms with Crippen LogP contribution in [-0.4, -0.2) is 17.9 Å². The van der Waals surface area contributed by atoms with Gasteiger partial charge in [-0.05, 0) is 12.5 Å². The molecule has 1 aromatic rings. The zero-order chi connectivity index (χ0) is 14.1. The van der Waals surface area contributed by atoms with E-state index in [4.69, 9.17) is 0 Å². The summed E-state index contributed by atoms with van der Waals surface area (Å²) in [7, 11) is 0. The van der Waals surface area contributed by atoms with E-state index in [1.807, 2.05) is 0 Å². The van der Waals surface area contributed by atoms with E-state index in [2.05, 4.69) is 0 Å². The summed E-state index contributed by atoms with van der Waals surface area (Å²) in [5.74, 6) is -5.87. The van der Waals surface area contributed by atoms with E-state index in [1.165, 1.54) is 6.92 Å². The molecule has 0 bridgehead atoms. The SMILES string of the molecule is CC(=O)c1ccc(C(F)C(F)(F)C(F)(F)F)cc1. The number of Topliss-reactive ketones (excluding diaryl/α,β-unsaturated/α-hetero) is 1.